The summed E-state index contributed by atoms with van der Waals surface area (Å²) < 4.78 is 12.5. The Hall–Kier alpha value is -3.75. The number of carbonyl (C=O) groups is 2. The van der Waals surface area contributed by atoms with Crippen LogP contribution in [0, 0.1) is 0 Å². The molecule has 0 bridgehead atoms. The van der Waals surface area contributed by atoms with E-state index in [1.165, 1.54) is 9.80 Å². The molecule has 3 amide bonds. The van der Waals surface area contributed by atoms with E-state index in [-0.39, 0.29) is 18.7 Å². The second-order valence-electron chi connectivity index (χ2n) is 7.34. The smallest absolute Gasteiger partial charge is 0.321 e. The van der Waals surface area contributed by atoms with E-state index in [2.05, 4.69) is 10.3 Å². The van der Waals surface area contributed by atoms with E-state index in [4.69, 9.17) is 9.47 Å². The number of fused-ring (bicyclic) bond motifs is 2. The fourth-order valence-corrected chi connectivity index (χ4v) is 3.26. The molecule has 1 N–H and O–H groups in total. The normalized spacial score (nSPS) is 12.1. The second kappa shape index (κ2) is 7.58. The number of aromatic nitrogens is 2. The van der Waals surface area contributed by atoms with Crippen LogP contribution >= 0.6 is 0 Å². The molecule has 0 saturated carbocycles. The van der Waals surface area contributed by atoms with Crippen LogP contribution in [-0.2, 0) is 13.6 Å². The van der Waals surface area contributed by atoms with Gasteiger partial charge in [0.2, 0.25) is 6.79 Å². The number of imidazole rings is 1. The molecule has 1 aliphatic heterocycles. The van der Waals surface area contributed by atoms with E-state index < -0.39 is 0 Å². The lowest BCUT2D eigenvalue weighted by atomic mass is 10.2. The zero-order valence-electron chi connectivity index (χ0n) is 17.3. The molecule has 0 unspecified atom stereocenters. The van der Waals surface area contributed by atoms with Crippen molar-refractivity contribution in [2.75, 3.05) is 33.3 Å². The Kier molecular flexibility index (Phi) is 4.94. The Bertz CT molecular complexity index is 1140. The zero-order valence-corrected chi connectivity index (χ0v) is 17.3. The van der Waals surface area contributed by atoms with Gasteiger partial charge in [0, 0.05) is 45.5 Å². The Morgan fingerprint density at radius 2 is 1.87 bits per heavy atom. The number of carbonyl (C=O) groups excluding carboxylic acids is 2. The highest BCUT2D eigenvalue weighted by Gasteiger charge is 2.18. The quantitative estimate of drug-likeness (QED) is 0.716. The van der Waals surface area contributed by atoms with Crippen LogP contribution < -0.4 is 14.8 Å². The van der Waals surface area contributed by atoms with Crippen LogP contribution in [0.1, 0.15) is 16.2 Å². The van der Waals surface area contributed by atoms with Crippen molar-refractivity contribution in [3.05, 3.63) is 47.8 Å². The summed E-state index contributed by atoms with van der Waals surface area (Å²) in [5, 5.41) is 2.85. The SMILES string of the molecule is CN(C)C(=O)c1ccc2c(c1)nc(CN(C)C(=O)Nc1ccc3c(c1)OCO3)n2C. The van der Waals surface area contributed by atoms with Gasteiger partial charge < -0.3 is 29.2 Å². The molecule has 1 aromatic heterocycles. The van der Waals surface area contributed by atoms with Gasteiger partial charge in [-0.25, -0.2) is 9.78 Å². The van der Waals surface area contributed by atoms with Gasteiger partial charge in [0.25, 0.3) is 5.91 Å². The van der Waals surface area contributed by atoms with Crippen molar-refractivity contribution in [3.63, 3.8) is 0 Å². The van der Waals surface area contributed by atoms with Crippen molar-refractivity contribution in [1.29, 1.82) is 0 Å². The van der Waals surface area contributed by atoms with Crippen molar-refractivity contribution >= 4 is 28.7 Å². The van der Waals surface area contributed by atoms with E-state index in [0.29, 0.717) is 40.6 Å². The molecule has 4 rings (SSSR count). The minimum Gasteiger partial charge on any atom is -0.454 e. The Morgan fingerprint density at radius 1 is 1.10 bits per heavy atom. The lowest BCUT2D eigenvalue weighted by Gasteiger charge is -2.18. The van der Waals surface area contributed by atoms with Crippen molar-refractivity contribution in [2.45, 2.75) is 6.54 Å². The predicted octanol–water partition coefficient (Wildman–Crippen LogP) is 2.67. The fraction of sp³-hybridized carbons (Fsp3) is 0.286. The fourth-order valence-electron chi connectivity index (χ4n) is 3.26. The van der Waals surface area contributed by atoms with E-state index >= 15 is 0 Å². The maximum atomic E-state index is 12.6. The molecule has 0 fully saturated rings. The lowest BCUT2D eigenvalue weighted by molar-refractivity contribution is 0.0827. The Morgan fingerprint density at radius 3 is 2.63 bits per heavy atom. The van der Waals surface area contributed by atoms with Crippen LogP contribution in [-0.4, -0.2) is 59.2 Å². The summed E-state index contributed by atoms with van der Waals surface area (Å²) in [4.78, 5) is 32.5. The van der Waals surface area contributed by atoms with Gasteiger partial charge in [-0.1, -0.05) is 0 Å². The summed E-state index contributed by atoms with van der Waals surface area (Å²) in [5.41, 5.74) is 2.80. The standard InChI is InChI=1S/C21H23N5O4/c1-24(2)20(27)13-5-7-16-15(9-13)23-19(26(16)4)11-25(3)21(28)22-14-6-8-17-18(10-14)30-12-29-17/h5-10H,11-12H2,1-4H3,(H,22,28). The lowest BCUT2D eigenvalue weighted by Crippen LogP contribution is -2.31. The molecule has 2 heterocycles. The summed E-state index contributed by atoms with van der Waals surface area (Å²) in [7, 11) is 7.01. The summed E-state index contributed by atoms with van der Waals surface area (Å²) in [5.74, 6) is 1.90. The third-order valence-corrected chi connectivity index (χ3v) is 4.98. The van der Waals surface area contributed by atoms with Gasteiger partial charge in [0.15, 0.2) is 11.5 Å². The van der Waals surface area contributed by atoms with Crippen LogP contribution in [0.3, 0.4) is 0 Å². The first-order valence-corrected chi connectivity index (χ1v) is 9.42. The van der Waals surface area contributed by atoms with Gasteiger partial charge in [-0.05, 0) is 30.3 Å². The summed E-state index contributed by atoms with van der Waals surface area (Å²) >= 11 is 0. The van der Waals surface area contributed by atoms with E-state index in [1.807, 2.05) is 17.7 Å². The first-order valence-electron chi connectivity index (χ1n) is 9.42. The average Bonchev–Trinajstić information content (AvgIpc) is 3.31. The first-order chi connectivity index (χ1) is 14.3. The zero-order chi connectivity index (χ0) is 21.4. The molecule has 156 valence electrons. The van der Waals surface area contributed by atoms with E-state index in [9.17, 15) is 9.59 Å². The molecule has 0 atom stereocenters. The first kappa shape index (κ1) is 19.6. The molecule has 0 aliphatic carbocycles. The number of aryl methyl sites for hydroxylation is 1. The molecule has 9 heteroatoms. The minimum absolute atomic E-state index is 0.0793. The number of anilines is 1. The van der Waals surface area contributed by atoms with Gasteiger partial charge in [-0.3, -0.25) is 4.79 Å². The van der Waals surface area contributed by atoms with Gasteiger partial charge in [-0.15, -0.1) is 0 Å². The topological polar surface area (TPSA) is 88.9 Å². The largest absolute Gasteiger partial charge is 0.454 e. The van der Waals surface area contributed by atoms with E-state index in [0.717, 1.165) is 5.52 Å². The molecule has 0 spiro atoms. The third kappa shape index (κ3) is 3.61. The van der Waals surface area contributed by atoms with Crippen LogP contribution in [0.25, 0.3) is 11.0 Å². The van der Waals surface area contributed by atoms with Gasteiger partial charge in [0.1, 0.15) is 5.82 Å². The maximum Gasteiger partial charge on any atom is 0.321 e. The van der Waals surface area contributed by atoms with Gasteiger partial charge >= 0.3 is 6.03 Å². The molecule has 1 aliphatic rings. The molecule has 0 radical (unpaired) electrons. The minimum atomic E-state index is -0.274. The van der Waals surface area contributed by atoms with Crippen molar-refractivity contribution in [1.82, 2.24) is 19.4 Å². The number of hydrogen-bond donors (Lipinski definition) is 1. The molecule has 3 aromatic rings. The third-order valence-electron chi connectivity index (χ3n) is 4.98. The van der Waals surface area contributed by atoms with Crippen LogP contribution in [0.5, 0.6) is 11.5 Å². The molecular formula is C21H23N5O4. The molecule has 2 aromatic carbocycles. The number of urea groups is 1. The summed E-state index contributed by atoms with van der Waals surface area (Å²) in [6, 6.07) is 10.4. The second-order valence-corrected chi connectivity index (χ2v) is 7.34. The highest BCUT2D eigenvalue weighted by Crippen LogP contribution is 2.34. The molecule has 9 nitrogen and oxygen atoms in total. The maximum absolute atomic E-state index is 12.6. The van der Waals surface area contributed by atoms with Crippen molar-refractivity contribution in [2.24, 2.45) is 7.05 Å². The average molecular weight is 409 g/mol. The number of nitrogens with one attached hydrogen (secondary N) is 1. The van der Waals surface area contributed by atoms with Gasteiger partial charge in [-0.2, -0.15) is 0 Å². The monoisotopic (exact) mass is 409 g/mol. The van der Waals surface area contributed by atoms with Crippen molar-refractivity contribution in [3.8, 4) is 11.5 Å². The highest BCUT2D eigenvalue weighted by molar-refractivity contribution is 5.97. The molecule has 0 saturated heterocycles. The number of ether oxygens (including phenoxy) is 2. The van der Waals surface area contributed by atoms with Crippen LogP contribution in [0.4, 0.5) is 10.5 Å². The molecular weight excluding hydrogens is 386 g/mol. The highest BCUT2D eigenvalue weighted by atomic mass is 16.7. The van der Waals surface area contributed by atoms with Crippen molar-refractivity contribution < 1.29 is 19.1 Å². The number of rotatable bonds is 4. The Labute approximate surface area is 173 Å². The van der Waals surface area contributed by atoms with Gasteiger partial charge in [0.05, 0.1) is 17.6 Å². The number of amides is 3. The van der Waals surface area contributed by atoms with Crippen LogP contribution in [0.15, 0.2) is 36.4 Å². The van der Waals surface area contributed by atoms with Crippen LogP contribution in [0.2, 0.25) is 0 Å². The summed E-state index contributed by atoms with van der Waals surface area (Å²) in [6.07, 6.45) is 0. The van der Waals surface area contributed by atoms with E-state index in [1.54, 1.807) is 51.5 Å². The number of benzene rings is 2. The number of hydrogen-bond acceptors (Lipinski definition) is 5. The number of nitrogens with zero attached hydrogens (tertiary/aromatic N) is 4. The molecule has 30 heavy (non-hydrogen) atoms. The Balaban J connectivity index is 1.49. The summed E-state index contributed by atoms with van der Waals surface area (Å²) in [6.45, 7) is 0.486. The predicted molar refractivity (Wildman–Crippen MR) is 112 cm³/mol.